The van der Waals surface area contributed by atoms with Crippen molar-refractivity contribution in [2.75, 3.05) is 0 Å². The predicted octanol–water partition coefficient (Wildman–Crippen LogP) is 2.89. The Kier molecular flexibility index (Phi) is 3.16. The topological polar surface area (TPSA) is 76.1 Å². The first kappa shape index (κ1) is 13.3. The number of aromatic nitrogens is 4. The molecule has 0 atom stereocenters. The largest absolute Gasteiger partial charge is 0.438 e. The van der Waals surface area contributed by atoms with Crippen molar-refractivity contribution in [3.05, 3.63) is 46.6 Å². The van der Waals surface area contributed by atoms with Crippen LogP contribution in [0.5, 0.6) is 11.6 Å². The lowest BCUT2D eigenvalue weighted by Gasteiger charge is -2.10. The molecular formula is C13H7ClFN5O. The monoisotopic (exact) mass is 303 g/mol. The smallest absolute Gasteiger partial charge is 0.256 e. The van der Waals surface area contributed by atoms with Crippen molar-refractivity contribution >= 4 is 17.4 Å². The Bertz CT molecular complexity index is 886. The Morgan fingerprint density at radius 3 is 2.95 bits per heavy atom. The molecule has 6 nitrogen and oxygen atoms in total. The van der Waals surface area contributed by atoms with E-state index in [4.69, 9.17) is 21.6 Å². The van der Waals surface area contributed by atoms with Crippen molar-refractivity contribution in [1.82, 2.24) is 19.6 Å². The summed E-state index contributed by atoms with van der Waals surface area (Å²) in [6.07, 6.45) is 1.31. The molecule has 2 aromatic heterocycles. The molecule has 0 radical (unpaired) electrons. The van der Waals surface area contributed by atoms with Gasteiger partial charge in [0.2, 0.25) is 5.88 Å². The maximum absolute atomic E-state index is 13.6. The first-order chi connectivity index (χ1) is 10.1. The first-order valence-electron chi connectivity index (χ1n) is 5.83. The molecule has 0 spiro atoms. The van der Waals surface area contributed by atoms with Gasteiger partial charge in [-0.1, -0.05) is 11.6 Å². The highest BCUT2D eigenvalue weighted by Gasteiger charge is 2.15. The van der Waals surface area contributed by atoms with Gasteiger partial charge >= 0.3 is 0 Å². The third-order valence-corrected chi connectivity index (χ3v) is 3.19. The Morgan fingerprint density at radius 2 is 2.24 bits per heavy atom. The molecule has 0 N–H and O–H groups in total. The highest BCUT2D eigenvalue weighted by atomic mass is 35.5. The van der Waals surface area contributed by atoms with E-state index in [0.29, 0.717) is 5.56 Å². The lowest BCUT2D eigenvalue weighted by Crippen LogP contribution is -2.02. The van der Waals surface area contributed by atoms with Gasteiger partial charge in [0.15, 0.2) is 0 Å². The van der Waals surface area contributed by atoms with Gasteiger partial charge in [0, 0.05) is 11.6 Å². The van der Waals surface area contributed by atoms with Crippen LogP contribution in [0, 0.1) is 24.1 Å². The number of benzene rings is 1. The molecule has 8 heteroatoms. The van der Waals surface area contributed by atoms with Crippen LogP contribution in [0.3, 0.4) is 0 Å². The maximum Gasteiger partial charge on any atom is 0.256 e. The second kappa shape index (κ2) is 5.00. The van der Waals surface area contributed by atoms with Crippen LogP contribution in [0.15, 0.2) is 24.5 Å². The predicted molar refractivity (Wildman–Crippen MR) is 71.7 cm³/mol. The molecule has 0 amide bonds. The van der Waals surface area contributed by atoms with Crippen molar-refractivity contribution in [3.63, 3.8) is 0 Å². The van der Waals surface area contributed by atoms with Crippen LogP contribution >= 0.6 is 11.6 Å². The highest BCUT2D eigenvalue weighted by Crippen LogP contribution is 2.29. The average Bonchev–Trinajstić information content (AvgIpc) is 2.92. The summed E-state index contributed by atoms with van der Waals surface area (Å²) in [7, 11) is 0. The number of hydrogen-bond acceptors (Lipinski definition) is 5. The van der Waals surface area contributed by atoms with Gasteiger partial charge in [-0.25, -0.2) is 4.39 Å². The minimum absolute atomic E-state index is 0.0577. The molecule has 3 aromatic rings. The fraction of sp³-hybridized carbons (Fsp3) is 0.0769. The standard InChI is InChI=1S/C13H7ClFN5O/c1-7-11(14)19-13-17-6-18-20(13)12(7)21-9-3-2-8(5-16)10(15)4-9/h2-4,6H,1H3. The summed E-state index contributed by atoms with van der Waals surface area (Å²) < 4.78 is 20.6. The molecule has 104 valence electrons. The van der Waals surface area contributed by atoms with Gasteiger partial charge in [-0.3, -0.25) is 0 Å². The lowest BCUT2D eigenvalue weighted by molar-refractivity contribution is 0.438. The van der Waals surface area contributed by atoms with Gasteiger partial charge in [-0.2, -0.15) is 24.8 Å². The highest BCUT2D eigenvalue weighted by molar-refractivity contribution is 6.30. The molecule has 1 aromatic carbocycles. The number of ether oxygens (including phenoxy) is 1. The molecule has 0 saturated carbocycles. The van der Waals surface area contributed by atoms with E-state index in [1.54, 1.807) is 13.0 Å². The van der Waals surface area contributed by atoms with E-state index < -0.39 is 5.82 Å². The SMILES string of the molecule is Cc1c(Cl)nc2ncnn2c1Oc1ccc(C#N)c(F)c1. The van der Waals surface area contributed by atoms with Crippen LogP contribution < -0.4 is 4.74 Å². The van der Waals surface area contributed by atoms with Crippen molar-refractivity contribution in [2.45, 2.75) is 6.92 Å². The number of rotatable bonds is 2. The van der Waals surface area contributed by atoms with E-state index in [2.05, 4.69) is 15.1 Å². The molecule has 0 fully saturated rings. The van der Waals surface area contributed by atoms with Crippen LogP contribution in [0.2, 0.25) is 5.15 Å². The quantitative estimate of drug-likeness (QED) is 0.680. The molecule has 0 aliphatic carbocycles. The number of fused-ring (bicyclic) bond motifs is 1. The zero-order chi connectivity index (χ0) is 15.0. The summed E-state index contributed by atoms with van der Waals surface area (Å²) in [4.78, 5) is 7.97. The zero-order valence-electron chi connectivity index (χ0n) is 10.7. The third kappa shape index (κ3) is 2.26. The number of nitrogens with zero attached hydrogens (tertiary/aromatic N) is 5. The maximum atomic E-state index is 13.6. The van der Waals surface area contributed by atoms with Crippen LogP contribution in [0.25, 0.3) is 5.78 Å². The minimum atomic E-state index is -0.664. The number of nitriles is 1. The van der Waals surface area contributed by atoms with Gasteiger partial charge < -0.3 is 4.74 Å². The van der Waals surface area contributed by atoms with E-state index in [0.717, 1.165) is 6.07 Å². The van der Waals surface area contributed by atoms with E-state index >= 15 is 0 Å². The minimum Gasteiger partial charge on any atom is -0.438 e. The first-order valence-corrected chi connectivity index (χ1v) is 6.21. The molecule has 0 saturated heterocycles. The van der Waals surface area contributed by atoms with Crippen LogP contribution in [0.4, 0.5) is 4.39 Å². The molecule has 0 bridgehead atoms. The summed E-state index contributed by atoms with van der Waals surface area (Å²) >= 11 is 6.01. The molecule has 0 aliphatic rings. The fourth-order valence-electron chi connectivity index (χ4n) is 1.76. The van der Waals surface area contributed by atoms with Gasteiger partial charge in [0.25, 0.3) is 5.78 Å². The average molecular weight is 304 g/mol. The van der Waals surface area contributed by atoms with Gasteiger partial charge in [0.1, 0.15) is 29.1 Å². The molecule has 21 heavy (non-hydrogen) atoms. The molecule has 0 unspecified atom stereocenters. The Hall–Kier alpha value is -2.72. The zero-order valence-corrected chi connectivity index (χ0v) is 11.5. The van der Waals surface area contributed by atoms with E-state index in [1.165, 1.54) is 23.0 Å². The molecule has 0 aliphatic heterocycles. The molecule has 3 rings (SSSR count). The summed E-state index contributed by atoms with van der Waals surface area (Å²) in [5, 5.41) is 12.9. The van der Waals surface area contributed by atoms with Gasteiger partial charge in [-0.15, -0.1) is 0 Å². The van der Waals surface area contributed by atoms with Crippen molar-refractivity contribution in [2.24, 2.45) is 0 Å². The second-order valence-corrected chi connectivity index (χ2v) is 4.52. The van der Waals surface area contributed by atoms with Crippen molar-refractivity contribution < 1.29 is 9.13 Å². The molecular weight excluding hydrogens is 297 g/mol. The third-order valence-electron chi connectivity index (χ3n) is 2.83. The summed E-state index contributed by atoms with van der Waals surface area (Å²) in [5.41, 5.74) is 0.483. The van der Waals surface area contributed by atoms with Gasteiger partial charge in [-0.05, 0) is 19.1 Å². The molecule has 2 heterocycles. The summed E-state index contributed by atoms with van der Waals surface area (Å²) in [5.74, 6) is 0.109. The normalized spacial score (nSPS) is 10.6. The van der Waals surface area contributed by atoms with Crippen LogP contribution in [-0.2, 0) is 0 Å². The summed E-state index contributed by atoms with van der Waals surface area (Å²) in [6.45, 7) is 1.70. The van der Waals surface area contributed by atoms with Crippen molar-refractivity contribution in [3.8, 4) is 17.7 Å². The van der Waals surface area contributed by atoms with Crippen LogP contribution in [0.1, 0.15) is 11.1 Å². The van der Waals surface area contributed by atoms with E-state index in [1.807, 2.05) is 0 Å². The lowest BCUT2D eigenvalue weighted by atomic mass is 10.2. The Morgan fingerprint density at radius 1 is 1.43 bits per heavy atom. The number of halogens is 2. The Balaban J connectivity index is 2.10. The van der Waals surface area contributed by atoms with Crippen molar-refractivity contribution in [1.29, 1.82) is 5.26 Å². The summed E-state index contributed by atoms with van der Waals surface area (Å²) in [6, 6.07) is 5.68. The van der Waals surface area contributed by atoms with Crippen LogP contribution in [-0.4, -0.2) is 19.6 Å². The van der Waals surface area contributed by atoms with E-state index in [9.17, 15) is 4.39 Å². The second-order valence-electron chi connectivity index (χ2n) is 4.16. The number of hydrogen-bond donors (Lipinski definition) is 0. The van der Waals surface area contributed by atoms with E-state index in [-0.39, 0.29) is 28.1 Å². The van der Waals surface area contributed by atoms with Gasteiger partial charge in [0.05, 0.1) is 5.56 Å². The Labute approximate surface area is 123 Å². The fourth-order valence-corrected chi connectivity index (χ4v) is 1.91.